The topological polar surface area (TPSA) is 223 Å². The number of nitrogens with one attached hydrogen (secondary N) is 2. The molecular formula is C38H39FN4O11. The molecule has 2 aliphatic carbocycles. The lowest BCUT2D eigenvalue weighted by Gasteiger charge is -2.32. The zero-order valence-corrected chi connectivity index (χ0v) is 29.8. The van der Waals surface area contributed by atoms with Crippen molar-refractivity contribution in [3.63, 3.8) is 0 Å². The Hall–Kier alpha value is -5.64. The lowest BCUT2D eigenvalue weighted by Crippen LogP contribution is -2.48. The summed E-state index contributed by atoms with van der Waals surface area (Å²) >= 11 is 0. The van der Waals surface area contributed by atoms with Crippen molar-refractivity contribution < 1.29 is 53.2 Å². The molecule has 4 heterocycles. The van der Waals surface area contributed by atoms with E-state index in [-0.39, 0.29) is 37.1 Å². The van der Waals surface area contributed by atoms with Crippen molar-refractivity contribution in [2.45, 2.75) is 103 Å². The zero-order valence-electron chi connectivity index (χ0n) is 29.8. The third-order valence-corrected chi connectivity index (χ3v) is 11.3. The predicted molar refractivity (Wildman–Crippen MR) is 187 cm³/mol. The number of carboxylic acid groups (broad SMARTS) is 2. The average molecular weight is 747 g/mol. The smallest absolute Gasteiger partial charge is 0.408 e. The predicted octanol–water partition coefficient (Wildman–Crippen LogP) is 3.40. The van der Waals surface area contributed by atoms with Gasteiger partial charge in [-0.25, -0.2) is 23.8 Å². The van der Waals surface area contributed by atoms with Gasteiger partial charge in [0.05, 0.1) is 41.5 Å². The molecule has 2 aliphatic heterocycles. The molecule has 2 amide bonds. The second-order valence-electron chi connectivity index (χ2n) is 14.9. The molecule has 0 saturated carbocycles. The molecule has 0 radical (unpaired) electrons. The van der Waals surface area contributed by atoms with Crippen LogP contribution in [0.15, 0.2) is 29.1 Å². The minimum Gasteiger partial charge on any atom is -0.481 e. The van der Waals surface area contributed by atoms with E-state index in [9.17, 15) is 39.0 Å². The number of aliphatic hydroxyl groups is 1. The number of aliphatic carboxylic acids is 2. The first-order valence-electron chi connectivity index (χ1n) is 17.7. The number of aryl methyl sites for hydroxylation is 1. The van der Waals surface area contributed by atoms with Gasteiger partial charge in [-0.1, -0.05) is 13.0 Å². The van der Waals surface area contributed by atoms with Crippen LogP contribution in [0.2, 0.25) is 0 Å². The summed E-state index contributed by atoms with van der Waals surface area (Å²) in [6, 6.07) is 0.621. The number of ether oxygens (including phenoxy) is 2. The molecule has 5 atom stereocenters. The second kappa shape index (κ2) is 13.3. The maximum Gasteiger partial charge on any atom is 0.408 e. The number of carbonyl (C=O) groups is 5. The fourth-order valence-electron chi connectivity index (χ4n) is 8.13. The van der Waals surface area contributed by atoms with Crippen molar-refractivity contribution in [3.8, 4) is 11.4 Å². The van der Waals surface area contributed by atoms with Crippen molar-refractivity contribution in [1.82, 2.24) is 20.2 Å². The summed E-state index contributed by atoms with van der Waals surface area (Å²) in [5.74, 6) is -4.78. The molecule has 284 valence electrons. The number of fused-ring (bicyclic) bond motifs is 5. The van der Waals surface area contributed by atoms with Gasteiger partial charge in [0.2, 0.25) is 5.91 Å². The molecule has 5 N–H and O–H groups in total. The number of benzene rings is 1. The van der Waals surface area contributed by atoms with Gasteiger partial charge in [0.15, 0.2) is 5.60 Å². The van der Waals surface area contributed by atoms with E-state index in [0.29, 0.717) is 64.7 Å². The summed E-state index contributed by atoms with van der Waals surface area (Å²) in [5, 5.41) is 35.5. The van der Waals surface area contributed by atoms with Gasteiger partial charge in [0.25, 0.3) is 5.56 Å². The molecule has 1 aromatic carbocycles. The van der Waals surface area contributed by atoms with E-state index in [1.165, 1.54) is 17.6 Å². The number of halogens is 1. The van der Waals surface area contributed by atoms with Crippen LogP contribution in [0.3, 0.4) is 0 Å². The number of carboxylic acids is 2. The van der Waals surface area contributed by atoms with Crippen molar-refractivity contribution in [3.05, 3.63) is 73.8 Å². The van der Waals surface area contributed by atoms with Crippen LogP contribution < -0.4 is 16.2 Å². The number of cyclic esters (lactones) is 1. The highest BCUT2D eigenvalue weighted by Crippen LogP contribution is 2.46. The Balaban J connectivity index is 1.17. The number of carbonyl (C=O) groups excluding carboxylic acids is 3. The van der Waals surface area contributed by atoms with E-state index >= 15 is 4.39 Å². The number of amides is 2. The first-order chi connectivity index (χ1) is 25.5. The van der Waals surface area contributed by atoms with E-state index in [4.69, 9.17) is 19.6 Å². The average Bonchev–Trinajstić information content (AvgIpc) is 3.47. The van der Waals surface area contributed by atoms with Crippen molar-refractivity contribution in [2.75, 3.05) is 0 Å². The first kappa shape index (κ1) is 36.7. The molecule has 2 unspecified atom stereocenters. The number of hydrogen-bond donors (Lipinski definition) is 5. The summed E-state index contributed by atoms with van der Waals surface area (Å²) in [6.45, 7) is 4.35. The fraction of sp³-hybridized carbons (Fsp3) is 0.447. The molecule has 16 heteroatoms. The normalized spacial score (nSPS) is 25.2. The number of pyridine rings is 2. The molecule has 7 rings (SSSR count). The number of aromatic nitrogens is 2. The Morgan fingerprint density at radius 3 is 2.59 bits per heavy atom. The van der Waals surface area contributed by atoms with Crippen molar-refractivity contribution >= 4 is 40.8 Å². The van der Waals surface area contributed by atoms with Gasteiger partial charge in [-0.3, -0.25) is 14.4 Å². The van der Waals surface area contributed by atoms with Crippen LogP contribution in [0.5, 0.6) is 0 Å². The fourth-order valence-corrected chi connectivity index (χ4v) is 8.13. The number of esters is 1. The third-order valence-electron chi connectivity index (χ3n) is 11.3. The standard InChI is InChI=1S/C38H39FN4O11/c1-17-19-7-8-24(42-36(51)54-18-6-4-5-10-37(2,11-9-18)34(49)41-26(33(47)48)14-28(44)45)30-20-15-43-27(31(20)40-25(29(19)30)13-23(17)39)12-22-21(32(43)46)16-53-35(50)38(22,3)52/h4,6,12-13,18,24,26,52H,5,7-11,14-16H2,1-3H3,(H,41,49)(H,42,51)(H,44,45)(H,47,48)/b6-4+/t18-,24-,26?,37?,38-/m0/s1. The molecule has 15 nitrogen and oxygen atoms in total. The van der Waals surface area contributed by atoms with Gasteiger partial charge in [-0.05, 0) is 81.2 Å². The van der Waals surface area contributed by atoms with Crippen molar-refractivity contribution in [2.24, 2.45) is 5.41 Å². The molecule has 0 spiro atoms. The Morgan fingerprint density at radius 2 is 1.87 bits per heavy atom. The second-order valence-corrected chi connectivity index (χ2v) is 14.9. The van der Waals surface area contributed by atoms with Crippen molar-refractivity contribution in [1.29, 1.82) is 0 Å². The van der Waals surface area contributed by atoms with Gasteiger partial charge >= 0.3 is 24.0 Å². The minimum atomic E-state index is -2.08. The van der Waals surface area contributed by atoms with E-state index in [2.05, 4.69) is 10.6 Å². The number of rotatable bonds is 7. The van der Waals surface area contributed by atoms with Gasteiger partial charge in [-0.15, -0.1) is 0 Å². The van der Waals surface area contributed by atoms with Crippen LogP contribution in [0.1, 0.15) is 91.8 Å². The van der Waals surface area contributed by atoms with Crippen LogP contribution >= 0.6 is 0 Å². The first-order valence-corrected chi connectivity index (χ1v) is 17.7. The van der Waals surface area contributed by atoms with Crippen LogP contribution in [0, 0.1) is 18.2 Å². The lowest BCUT2D eigenvalue weighted by molar-refractivity contribution is -0.169. The molecule has 2 aromatic heterocycles. The summed E-state index contributed by atoms with van der Waals surface area (Å²) in [5.41, 5.74) is 0.109. The van der Waals surface area contributed by atoms with E-state index in [1.54, 1.807) is 32.1 Å². The molecule has 54 heavy (non-hydrogen) atoms. The molecule has 0 saturated heterocycles. The number of alkyl carbamates (subject to hydrolysis) is 1. The SMILES string of the molecule is Cc1c(F)cc2nc3c(c4c2c1CC[C@@H]4NC(=O)O[C@H]1/C=C/CCC(C)(C(=O)NC(CC(=O)O)C(=O)O)CC1)Cn1c-3cc2c(c1=O)COC(=O)[C@@]2(C)O. The molecule has 0 bridgehead atoms. The maximum absolute atomic E-state index is 15.3. The lowest BCUT2D eigenvalue weighted by atomic mass is 9.77. The Labute approximate surface area is 307 Å². The monoisotopic (exact) mass is 746 g/mol. The Bertz CT molecular complexity index is 2260. The number of nitrogens with zero attached hydrogens (tertiary/aromatic N) is 2. The van der Waals surface area contributed by atoms with Crippen LogP contribution in [-0.4, -0.2) is 66.9 Å². The molecule has 4 aliphatic rings. The summed E-state index contributed by atoms with van der Waals surface area (Å²) in [6.07, 6.45) is 3.18. The highest BCUT2D eigenvalue weighted by Gasteiger charge is 2.44. The third kappa shape index (κ3) is 6.17. The van der Waals surface area contributed by atoms with E-state index in [0.717, 1.165) is 5.56 Å². The summed E-state index contributed by atoms with van der Waals surface area (Å²) < 4.78 is 27.7. The van der Waals surface area contributed by atoms with Gasteiger partial charge in [0.1, 0.15) is 24.6 Å². The molecule has 3 aromatic rings. The maximum atomic E-state index is 15.3. The van der Waals surface area contributed by atoms with Crippen LogP contribution in [-0.2, 0) is 53.8 Å². The highest BCUT2D eigenvalue weighted by molar-refractivity contribution is 5.94. The molecular weight excluding hydrogens is 707 g/mol. The van der Waals surface area contributed by atoms with Crippen LogP contribution in [0.4, 0.5) is 9.18 Å². The van der Waals surface area contributed by atoms with Gasteiger partial charge in [-0.2, -0.15) is 0 Å². The van der Waals surface area contributed by atoms with E-state index in [1.807, 2.05) is 0 Å². The van der Waals surface area contributed by atoms with Gasteiger partial charge in [0, 0.05) is 28.0 Å². The Morgan fingerprint density at radius 1 is 1.11 bits per heavy atom. The van der Waals surface area contributed by atoms with Gasteiger partial charge < -0.3 is 40.0 Å². The Kier molecular flexibility index (Phi) is 9.07. The number of allylic oxidation sites excluding steroid dienone is 1. The molecule has 0 fully saturated rings. The summed E-state index contributed by atoms with van der Waals surface area (Å²) in [4.78, 5) is 80.7. The highest BCUT2D eigenvalue weighted by atomic mass is 19.1. The quantitative estimate of drug-likeness (QED) is 0.136. The zero-order chi connectivity index (χ0) is 38.9. The summed E-state index contributed by atoms with van der Waals surface area (Å²) in [7, 11) is 0. The minimum absolute atomic E-state index is 0.0649. The van der Waals surface area contributed by atoms with Crippen LogP contribution in [0.25, 0.3) is 22.3 Å². The largest absolute Gasteiger partial charge is 0.481 e. The van der Waals surface area contributed by atoms with E-state index < -0.39 is 76.9 Å². The number of hydrogen-bond acceptors (Lipinski definition) is 10.